The summed E-state index contributed by atoms with van der Waals surface area (Å²) < 4.78 is 45.4. The van der Waals surface area contributed by atoms with Gasteiger partial charge in [-0.25, -0.2) is 4.79 Å². The maximum absolute atomic E-state index is 13.5. The van der Waals surface area contributed by atoms with Crippen LogP contribution in [0.1, 0.15) is 59.4 Å². The lowest BCUT2D eigenvalue weighted by atomic mass is 9.90. The molecule has 0 radical (unpaired) electrons. The molecule has 1 aliphatic heterocycles. The van der Waals surface area contributed by atoms with Gasteiger partial charge in [0.25, 0.3) is 0 Å². The Bertz CT molecular complexity index is 843. The van der Waals surface area contributed by atoms with Crippen molar-refractivity contribution in [3.63, 3.8) is 0 Å². The van der Waals surface area contributed by atoms with Gasteiger partial charge in [0.1, 0.15) is 0 Å². The van der Waals surface area contributed by atoms with E-state index in [0.29, 0.717) is 11.1 Å². The summed E-state index contributed by atoms with van der Waals surface area (Å²) in [7, 11) is 0. The van der Waals surface area contributed by atoms with E-state index in [-0.39, 0.29) is 12.2 Å². The van der Waals surface area contributed by atoms with Crippen LogP contribution >= 0.6 is 0 Å². The molecule has 0 saturated heterocycles. The molecule has 0 amide bonds. The smallest absolute Gasteiger partial charge is 0.416 e. The summed E-state index contributed by atoms with van der Waals surface area (Å²) >= 11 is 0. The first-order valence-electron chi connectivity index (χ1n) is 8.40. The molecule has 0 aromatic heterocycles. The van der Waals surface area contributed by atoms with Gasteiger partial charge in [-0.3, -0.25) is 5.32 Å². The van der Waals surface area contributed by atoms with E-state index >= 15 is 0 Å². The Hall–Kier alpha value is -2.34. The molecule has 1 heterocycles. The molecule has 138 valence electrons. The highest BCUT2D eigenvalue weighted by Gasteiger charge is 2.41. The number of alkyl halides is 3. The zero-order valence-corrected chi connectivity index (χ0v) is 14.8. The van der Waals surface area contributed by atoms with E-state index in [4.69, 9.17) is 4.74 Å². The van der Waals surface area contributed by atoms with Gasteiger partial charge in [0, 0.05) is 5.54 Å². The van der Waals surface area contributed by atoms with E-state index < -0.39 is 29.3 Å². The number of rotatable bonds is 3. The van der Waals surface area contributed by atoms with Crippen molar-refractivity contribution in [1.29, 1.82) is 0 Å². The fraction of sp³-hybridized carbons (Fsp3) is 0.350. The minimum atomic E-state index is -4.45. The third-order valence-electron chi connectivity index (χ3n) is 4.63. The van der Waals surface area contributed by atoms with Gasteiger partial charge in [-0.2, -0.15) is 13.2 Å². The van der Waals surface area contributed by atoms with E-state index in [1.165, 1.54) is 12.1 Å². The number of benzene rings is 2. The minimum Gasteiger partial charge on any atom is -0.462 e. The average molecular weight is 363 g/mol. The zero-order chi connectivity index (χ0) is 19.1. The summed E-state index contributed by atoms with van der Waals surface area (Å²) in [4.78, 5) is 12.1. The molecule has 0 aliphatic carbocycles. The lowest BCUT2D eigenvalue weighted by Crippen LogP contribution is -2.32. The summed E-state index contributed by atoms with van der Waals surface area (Å²) in [5, 5.41) is 3.27. The molecule has 1 atom stereocenters. The van der Waals surface area contributed by atoms with Gasteiger partial charge in [0.2, 0.25) is 0 Å². The lowest BCUT2D eigenvalue weighted by Gasteiger charge is -2.23. The summed E-state index contributed by atoms with van der Waals surface area (Å²) in [6.07, 6.45) is -4.45. The standard InChI is InChI=1S/C20H20F3NO2/c1-4-26-18(25)12-9-10-15-14(11-12)17(24-19(15,2)3)13-7-5-6-8-16(13)20(21,22)23/h5-11,17,24H,4H2,1-3H3. The zero-order valence-electron chi connectivity index (χ0n) is 14.8. The molecular weight excluding hydrogens is 343 g/mol. The highest BCUT2D eigenvalue weighted by Crippen LogP contribution is 2.44. The monoisotopic (exact) mass is 363 g/mol. The predicted octanol–water partition coefficient (Wildman–Crippen LogP) is 4.81. The van der Waals surface area contributed by atoms with Gasteiger partial charge in [-0.15, -0.1) is 0 Å². The van der Waals surface area contributed by atoms with Crippen LogP contribution in [0, 0.1) is 0 Å². The molecule has 0 spiro atoms. The Labute approximate surface area is 150 Å². The second kappa shape index (κ2) is 6.43. The predicted molar refractivity (Wildman–Crippen MR) is 91.8 cm³/mol. The first-order chi connectivity index (χ1) is 12.1. The number of esters is 1. The first kappa shape index (κ1) is 18.5. The van der Waals surface area contributed by atoms with Crippen molar-refractivity contribution in [3.8, 4) is 0 Å². The second-order valence-corrected chi connectivity index (χ2v) is 6.81. The number of carbonyl (C=O) groups excluding carboxylic acids is 1. The van der Waals surface area contributed by atoms with Crippen molar-refractivity contribution in [1.82, 2.24) is 5.32 Å². The highest BCUT2D eigenvalue weighted by atomic mass is 19.4. The van der Waals surface area contributed by atoms with Crippen molar-refractivity contribution >= 4 is 5.97 Å². The summed E-state index contributed by atoms with van der Waals surface area (Å²) in [6.45, 7) is 5.76. The molecule has 1 unspecified atom stereocenters. The van der Waals surface area contributed by atoms with E-state index in [1.54, 1.807) is 31.2 Å². The molecule has 0 fully saturated rings. The maximum Gasteiger partial charge on any atom is 0.416 e. The third kappa shape index (κ3) is 3.21. The molecule has 3 rings (SSSR count). The molecule has 0 saturated carbocycles. The Morgan fingerprint density at radius 2 is 1.85 bits per heavy atom. The van der Waals surface area contributed by atoms with Crippen LogP contribution in [0.15, 0.2) is 42.5 Å². The number of carbonyl (C=O) groups is 1. The topological polar surface area (TPSA) is 38.3 Å². The molecule has 1 aliphatic rings. The molecule has 26 heavy (non-hydrogen) atoms. The Morgan fingerprint density at radius 3 is 2.50 bits per heavy atom. The largest absolute Gasteiger partial charge is 0.462 e. The summed E-state index contributed by atoms with van der Waals surface area (Å²) in [6, 6.07) is 9.93. The van der Waals surface area contributed by atoms with Crippen molar-refractivity contribution in [2.75, 3.05) is 6.61 Å². The Balaban J connectivity index is 2.14. The molecule has 2 aromatic rings. The number of fused-ring (bicyclic) bond motifs is 1. The van der Waals surface area contributed by atoms with Crippen molar-refractivity contribution in [2.24, 2.45) is 0 Å². The third-order valence-corrected chi connectivity index (χ3v) is 4.63. The normalized spacial score (nSPS) is 18.5. The quantitative estimate of drug-likeness (QED) is 0.796. The number of hydrogen-bond acceptors (Lipinski definition) is 3. The van der Waals surface area contributed by atoms with Crippen LogP contribution in [-0.2, 0) is 16.5 Å². The lowest BCUT2D eigenvalue weighted by molar-refractivity contribution is -0.138. The van der Waals surface area contributed by atoms with Crippen LogP contribution in [-0.4, -0.2) is 12.6 Å². The van der Waals surface area contributed by atoms with Crippen LogP contribution in [0.4, 0.5) is 13.2 Å². The van der Waals surface area contributed by atoms with Gasteiger partial charge in [-0.05, 0) is 55.7 Å². The molecule has 2 aromatic carbocycles. The average Bonchev–Trinajstić information content (AvgIpc) is 2.85. The van der Waals surface area contributed by atoms with Crippen LogP contribution in [0.5, 0.6) is 0 Å². The van der Waals surface area contributed by atoms with Crippen LogP contribution in [0.3, 0.4) is 0 Å². The molecule has 6 heteroatoms. The fourth-order valence-electron chi connectivity index (χ4n) is 3.48. The van der Waals surface area contributed by atoms with Gasteiger partial charge in [0.15, 0.2) is 0 Å². The van der Waals surface area contributed by atoms with Crippen molar-refractivity contribution < 1.29 is 22.7 Å². The van der Waals surface area contributed by atoms with Gasteiger partial charge in [0.05, 0.1) is 23.8 Å². The van der Waals surface area contributed by atoms with Crippen molar-refractivity contribution in [2.45, 2.75) is 38.5 Å². The SMILES string of the molecule is CCOC(=O)c1ccc2c(c1)C(c1ccccc1C(F)(F)F)NC2(C)C. The number of nitrogens with one attached hydrogen (secondary N) is 1. The maximum atomic E-state index is 13.5. The van der Waals surface area contributed by atoms with Crippen LogP contribution in [0.2, 0.25) is 0 Å². The molecule has 1 N–H and O–H groups in total. The van der Waals surface area contributed by atoms with Gasteiger partial charge < -0.3 is 4.74 Å². The molecule has 0 bridgehead atoms. The Morgan fingerprint density at radius 1 is 1.15 bits per heavy atom. The number of ether oxygens (including phenoxy) is 1. The van der Waals surface area contributed by atoms with E-state index in [0.717, 1.165) is 11.6 Å². The Kier molecular flexibility index (Phi) is 4.56. The minimum absolute atomic E-state index is 0.146. The summed E-state index contributed by atoms with van der Waals surface area (Å²) in [5.74, 6) is -0.483. The summed E-state index contributed by atoms with van der Waals surface area (Å²) in [5.41, 5.74) is 0.811. The highest BCUT2D eigenvalue weighted by molar-refractivity contribution is 5.90. The van der Waals surface area contributed by atoms with Crippen molar-refractivity contribution in [3.05, 3.63) is 70.3 Å². The van der Waals surface area contributed by atoms with E-state index in [2.05, 4.69) is 5.32 Å². The second-order valence-electron chi connectivity index (χ2n) is 6.81. The van der Waals surface area contributed by atoms with Gasteiger partial charge in [-0.1, -0.05) is 24.3 Å². The number of hydrogen-bond donors (Lipinski definition) is 1. The van der Waals surface area contributed by atoms with E-state index in [9.17, 15) is 18.0 Å². The van der Waals surface area contributed by atoms with Gasteiger partial charge >= 0.3 is 12.1 Å². The molecule has 3 nitrogen and oxygen atoms in total. The van der Waals surface area contributed by atoms with Crippen LogP contribution in [0.25, 0.3) is 0 Å². The fourth-order valence-corrected chi connectivity index (χ4v) is 3.48. The van der Waals surface area contributed by atoms with Crippen LogP contribution < -0.4 is 5.32 Å². The van der Waals surface area contributed by atoms with E-state index in [1.807, 2.05) is 13.8 Å². The molecular formula is C20H20F3NO2. The number of halogens is 3. The first-order valence-corrected chi connectivity index (χ1v) is 8.40.